The van der Waals surface area contributed by atoms with Gasteiger partial charge in [0.05, 0.1) is 12.5 Å². The van der Waals surface area contributed by atoms with Crippen molar-refractivity contribution in [3.05, 3.63) is 42.4 Å². The number of likely N-dealkylation sites (N-methyl/N-ethyl adjacent to an activating group) is 1. The van der Waals surface area contributed by atoms with Gasteiger partial charge in [0, 0.05) is 35.2 Å². The van der Waals surface area contributed by atoms with E-state index in [-0.39, 0.29) is 0 Å². The second-order valence-electron chi connectivity index (χ2n) is 4.26. The van der Waals surface area contributed by atoms with Gasteiger partial charge < -0.3 is 9.73 Å². The number of benzene rings is 1. The predicted molar refractivity (Wildman–Crippen MR) is 71.4 cm³/mol. The van der Waals surface area contributed by atoms with E-state index < -0.39 is 0 Å². The molecule has 0 fully saturated rings. The van der Waals surface area contributed by atoms with E-state index in [0.29, 0.717) is 0 Å². The zero-order valence-electron chi connectivity index (χ0n) is 10.2. The first-order chi connectivity index (χ1) is 8.90. The summed E-state index contributed by atoms with van der Waals surface area (Å²) in [4.78, 5) is 0. The van der Waals surface area contributed by atoms with Crippen molar-refractivity contribution in [2.45, 2.75) is 6.42 Å². The normalized spacial score (nSPS) is 11.2. The molecule has 0 bridgehead atoms. The number of furan rings is 1. The van der Waals surface area contributed by atoms with Crippen LogP contribution in [-0.4, -0.2) is 23.8 Å². The highest BCUT2D eigenvalue weighted by atomic mass is 16.3. The Labute approximate surface area is 105 Å². The number of nitrogens with one attached hydrogen (secondary N) is 2. The SMILES string of the molecule is CNCCc1[nH]ncc1-c1coc2ccccc12. The fourth-order valence-electron chi connectivity index (χ4n) is 2.17. The van der Waals surface area contributed by atoms with Crippen LogP contribution in [0.15, 0.2) is 41.1 Å². The van der Waals surface area contributed by atoms with Crippen LogP contribution < -0.4 is 5.32 Å². The van der Waals surface area contributed by atoms with Crippen molar-refractivity contribution in [2.75, 3.05) is 13.6 Å². The summed E-state index contributed by atoms with van der Waals surface area (Å²) in [5, 5.41) is 11.5. The monoisotopic (exact) mass is 241 g/mol. The minimum Gasteiger partial charge on any atom is -0.464 e. The lowest BCUT2D eigenvalue weighted by Gasteiger charge is -2.01. The van der Waals surface area contributed by atoms with E-state index in [1.165, 1.54) is 0 Å². The first-order valence-corrected chi connectivity index (χ1v) is 6.03. The molecule has 3 aromatic rings. The molecule has 0 amide bonds. The molecule has 0 saturated heterocycles. The molecule has 1 aromatic carbocycles. The number of hydrogen-bond acceptors (Lipinski definition) is 3. The molecule has 2 aromatic heterocycles. The Morgan fingerprint density at radius 3 is 3.06 bits per heavy atom. The van der Waals surface area contributed by atoms with Gasteiger partial charge in [-0.3, -0.25) is 5.10 Å². The molecule has 2 heterocycles. The molecule has 0 aliphatic heterocycles. The molecular weight excluding hydrogens is 226 g/mol. The first-order valence-electron chi connectivity index (χ1n) is 6.03. The van der Waals surface area contributed by atoms with Crippen molar-refractivity contribution in [3.8, 4) is 11.1 Å². The number of fused-ring (bicyclic) bond motifs is 1. The van der Waals surface area contributed by atoms with Gasteiger partial charge in [0.2, 0.25) is 0 Å². The third-order valence-electron chi connectivity index (χ3n) is 3.11. The quantitative estimate of drug-likeness (QED) is 0.738. The van der Waals surface area contributed by atoms with Gasteiger partial charge in [-0.05, 0) is 13.1 Å². The number of rotatable bonds is 4. The van der Waals surface area contributed by atoms with Crippen LogP contribution >= 0.6 is 0 Å². The van der Waals surface area contributed by atoms with E-state index in [1.54, 1.807) is 6.26 Å². The molecule has 0 spiro atoms. The third kappa shape index (κ3) is 1.80. The summed E-state index contributed by atoms with van der Waals surface area (Å²) in [5.41, 5.74) is 4.27. The van der Waals surface area contributed by atoms with Crippen LogP contribution in [0.5, 0.6) is 0 Å². The van der Waals surface area contributed by atoms with Gasteiger partial charge in [-0.1, -0.05) is 18.2 Å². The van der Waals surface area contributed by atoms with E-state index in [2.05, 4.69) is 21.6 Å². The molecular formula is C14H15N3O. The van der Waals surface area contributed by atoms with Gasteiger partial charge >= 0.3 is 0 Å². The third-order valence-corrected chi connectivity index (χ3v) is 3.11. The number of para-hydroxylation sites is 1. The molecule has 0 atom stereocenters. The highest BCUT2D eigenvalue weighted by Gasteiger charge is 2.12. The number of aromatic amines is 1. The summed E-state index contributed by atoms with van der Waals surface area (Å²) in [6.45, 7) is 0.922. The Kier molecular flexibility index (Phi) is 2.86. The smallest absolute Gasteiger partial charge is 0.134 e. The topological polar surface area (TPSA) is 53.9 Å². The largest absolute Gasteiger partial charge is 0.464 e. The maximum Gasteiger partial charge on any atom is 0.134 e. The predicted octanol–water partition coefficient (Wildman–Crippen LogP) is 2.58. The van der Waals surface area contributed by atoms with Crippen LogP contribution in [0.3, 0.4) is 0 Å². The summed E-state index contributed by atoms with van der Waals surface area (Å²) in [7, 11) is 1.95. The summed E-state index contributed by atoms with van der Waals surface area (Å²) in [5.74, 6) is 0. The second-order valence-corrected chi connectivity index (χ2v) is 4.26. The second kappa shape index (κ2) is 4.66. The standard InChI is InChI=1S/C14H15N3O/c1-15-7-6-13-11(8-16-17-13)12-9-18-14-5-3-2-4-10(12)14/h2-5,8-9,15H,6-7H2,1H3,(H,16,17). The van der Waals surface area contributed by atoms with Crippen LogP contribution in [-0.2, 0) is 6.42 Å². The number of aromatic nitrogens is 2. The fourth-order valence-corrected chi connectivity index (χ4v) is 2.17. The van der Waals surface area contributed by atoms with Gasteiger partial charge in [-0.2, -0.15) is 5.10 Å². The maximum absolute atomic E-state index is 5.58. The van der Waals surface area contributed by atoms with Crippen LogP contribution in [0.2, 0.25) is 0 Å². The van der Waals surface area contributed by atoms with Crippen molar-refractivity contribution in [1.29, 1.82) is 0 Å². The maximum atomic E-state index is 5.58. The molecule has 0 unspecified atom stereocenters. The Morgan fingerprint density at radius 1 is 1.28 bits per heavy atom. The van der Waals surface area contributed by atoms with E-state index in [1.807, 2.05) is 31.4 Å². The Hall–Kier alpha value is -2.07. The fraction of sp³-hybridized carbons (Fsp3) is 0.214. The van der Waals surface area contributed by atoms with E-state index >= 15 is 0 Å². The number of nitrogens with zero attached hydrogens (tertiary/aromatic N) is 1. The lowest BCUT2D eigenvalue weighted by molar-refractivity contribution is 0.617. The van der Waals surface area contributed by atoms with Gasteiger partial charge in [-0.15, -0.1) is 0 Å². The van der Waals surface area contributed by atoms with Crippen molar-refractivity contribution in [1.82, 2.24) is 15.5 Å². The minimum atomic E-state index is 0.910. The Balaban J connectivity index is 2.06. The average Bonchev–Trinajstić information content (AvgIpc) is 3.02. The van der Waals surface area contributed by atoms with E-state index in [4.69, 9.17) is 4.42 Å². The van der Waals surface area contributed by atoms with Crippen molar-refractivity contribution < 1.29 is 4.42 Å². The first kappa shape index (κ1) is 11.0. The molecule has 3 rings (SSSR count). The number of H-pyrrole nitrogens is 1. The van der Waals surface area contributed by atoms with Gasteiger partial charge in [0.25, 0.3) is 0 Å². The molecule has 0 aliphatic rings. The highest BCUT2D eigenvalue weighted by Crippen LogP contribution is 2.31. The van der Waals surface area contributed by atoms with Crippen LogP contribution in [0, 0.1) is 0 Å². The summed E-state index contributed by atoms with van der Waals surface area (Å²) < 4.78 is 5.58. The van der Waals surface area contributed by atoms with Gasteiger partial charge in [0.15, 0.2) is 0 Å². The van der Waals surface area contributed by atoms with Crippen molar-refractivity contribution in [2.24, 2.45) is 0 Å². The summed E-state index contributed by atoms with van der Waals surface area (Å²) in [6, 6.07) is 8.05. The summed E-state index contributed by atoms with van der Waals surface area (Å²) >= 11 is 0. The highest BCUT2D eigenvalue weighted by molar-refractivity contribution is 5.94. The Bertz CT molecular complexity index is 654. The van der Waals surface area contributed by atoms with Crippen LogP contribution in [0.4, 0.5) is 0 Å². The molecule has 0 saturated carbocycles. The lowest BCUT2D eigenvalue weighted by Crippen LogP contribution is -2.10. The molecule has 2 N–H and O–H groups in total. The zero-order chi connectivity index (χ0) is 12.4. The minimum absolute atomic E-state index is 0.910. The average molecular weight is 241 g/mol. The van der Waals surface area contributed by atoms with Crippen LogP contribution in [0.1, 0.15) is 5.69 Å². The van der Waals surface area contributed by atoms with E-state index in [9.17, 15) is 0 Å². The van der Waals surface area contributed by atoms with E-state index in [0.717, 1.165) is 40.8 Å². The molecule has 0 radical (unpaired) electrons. The van der Waals surface area contributed by atoms with Crippen LogP contribution in [0.25, 0.3) is 22.1 Å². The molecule has 0 aliphatic carbocycles. The van der Waals surface area contributed by atoms with Crippen molar-refractivity contribution in [3.63, 3.8) is 0 Å². The molecule has 92 valence electrons. The Morgan fingerprint density at radius 2 is 2.17 bits per heavy atom. The molecule has 4 heteroatoms. The zero-order valence-corrected chi connectivity index (χ0v) is 10.2. The lowest BCUT2D eigenvalue weighted by atomic mass is 10.0. The molecule has 4 nitrogen and oxygen atoms in total. The molecule has 18 heavy (non-hydrogen) atoms. The van der Waals surface area contributed by atoms with Crippen molar-refractivity contribution >= 4 is 11.0 Å². The summed E-state index contributed by atoms with van der Waals surface area (Å²) in [6.07, 6.45) is 4.59. The van der Waals surface area contributed by atoms with Gasteiger partial charge in [0.1, 0.15) is 5.58 Å². The number of hydrogen-bond donors (Lipinski definition) is 2. The van der Waals surface area contributed by atoms with Gasteiger partial charge in [-0.25, -0.2) is 0 Å².